The lowest BCUT2D eigenvalue weighted by Gasteiger charge is -2.47. The van der Waals surface area contributed by atoms with Gasteiger partial charge in [0.1, 0.15) is 78.2 Å². The molecule has 20 fully saturated rings. The Kier molecular flexibility index (Phi) is 23.1. The smallest absolute Gasteiger partial charge is 0.261 e. The molecular weight excluding hydrogens is 1410 g/mol. The van der Waals surface area contributed by atoms with Gasteiger partial charge in [0.15, 0.2) is 11.6 Å². The topological polar surface area (TPSA) is 329 Å². The molecule has 0 saturated carbocycles. The lowest BCUT2D eigenvalue weighted by molar-refractivity contribution is -0.294. The first-order valence-electron chi connectivity index (χ1n) is 41.5. The van der Waals surface area contributed by atoms with Gasteiger partial charge in [0.05, 0.1) is 122 Å². The van der Waals surface area contributed by atoms with E-state index in [0.29, 0.717) is 95.1 Å². The maximum absolute atomic E-state index is 14.0. The molecule has 24 bridgehead atoms. The van der Waals surface area contributed by atoms with Crippen molar-refractivity contribution in [3.63, 3.8) is 0 Å². The maximum atomic E-state index is 14.0. The maximum Gasteiger partial charge on any atom is 0.261 e. The normalized spacial score (nSPS) is 51.6. The number of carbonyl (C=O) groups excluding carboxylic acids is 2. The fourth-order valence-corrected chi connectivity index (χ4v) is 23.0. The standard InChI is InChI=1S/C41H61NO10.C40H59NO10.CH4O3S/c1-20-12-26-6-8-30-21(2)13-28(45-30)10-11-41-19-40(5)39(52-41)38-37(50-40)36(51-41)35-31(49-38)9-7-27(47-35)14-24(43)15-29-23(4)32(16-25(44)18-42)48-34(29)17-33(46-26)22(20)3;1-19-11-25-5-7-29-20(2)12-27(44-29)9-10-40-17-34-36(50-40)37-38(49-34)39(51-40)35-30(48-37)8-6-26(46-35)13-23(42)14-28-22(4)31(15-24(43)18-41)47-33(28)16-32(45-25)21(19)3;1-5(2,3)4/h20,23,25-39,44H,2-3,6-19,42H2,1,4-5H3;19,22,24-39,43H,2-3,5-18,41H2,1,4H3;1H3,(H,2,3,4)/t20-,23-,25+,26+,27?,28+,29-,30?,31+,32-,33?,34+,35+,36+,37+,38-,39-,40-,41-;19-,22-,24+,25+,26?,27+,28-,29?,30+,31-,32?,33+,34-,35+,36+,37+,38-,39+,40+;/m11./s1. The molecule has 606 valence electrons. The van der Waals surface area contributed by atoms with Crippen molar-refractivity contribution >= 4 is 21.7 Å². The molecule has 25 nitrogen and oxygen atoms in total. The number of ketones is 2. The molecule has 20 heterocycles. The van der Waals surface area contributed by atoms with Gasteiger partial charge in [-0.05, 0) is 155 Å². The van der Waals surface area contributed by atoms with Gasteiger partial charge >= 0.3 is 0 Å². The summed E-state index contributed by atoms with van der Waals surface area (Å²) in [6.07, 6.45) is 13.3. The van der Waals surface area contributed by atoms with E-state index in [1.165, 1.54) is 0 Å². The van der Waals surface area contributed by atoms with Crippen LogP contribution in [0.4, 0.5) is 0 Å². The number of hydrogen-bond acceptors (Lipinski definition) is 24. The minimum atomic E-state index is -3.67. The van der Waals surface area contributed by atoms with Crippen LogP contribution in [0.5, 0.6) is 0 Å². The number of ether oxygens (including phenoxy) is 16. The predicted molar refractivity (Wildman–Crippen MR) is 391 cm³/mol. The third-order valence-electron chi connectivity index (χ3n) is 28.7. The molecule has 0 aromatic heterocycles. The van der Waals surface area contributed by atoms with Crippen LogP contribution in [0.2, 0.25) is 0 Å². The van der Waals surface area contributed by atoms with Gasteiger partial charge in [-0.3, -0.25) is 14.1 Å². The zero-order chi connectivity index (χ0) is 75.8. The van der Waals surface area contributed by atoms with Gasteiger partial charge < -0.3 is 97.5 Å². The monoisotopic (exact) mass is 1540 g/mol. The number of rotatable bonds is 6. The average Bonchev–Trinajstić information content (AvgIpc) is 1.54. The Morgan fingerprint density at radius 1 is 0.444 bits per heavy atom. The molecule has 20 aliphatic heterocycles. The molecule has 0 aromatic rings. The van der Waals surface area contributed by atoms with Gasteiger partial charge in [0, 0.05) is 90.1 Å². The molecule has 0 aromatic carbocycles. The van der Waals surface area contributed by atoms with E-state index in [2.05, 4.69) is 60.9 Å². The Bertz CT molecular complexity index is 3430. The third kappa shape index (κ3) is 16.1. The zero-order valence-corrected chi connectivity index (χ0v) is 65.2. The highest BCUT2D eigenvalue weighted by Gasteiger charge is 2.74. The molecule has 108 heavy (non-hydrogen) atoms. The van der Waals surface area contributed by atoms with Gasteiger partial charge in [-0.15, -0.1) is 0 Å². The number of hydrogen-bond donors (Lipinski definition) is 5. The van der Waals surface area contributed by atoms with Crippen molar-refractivity contribution < 1.29 is 109 Å². The van der Waals surface area contributed by atoms with Gasteiger partial charge in [0.25, 0.3) is 10.1 Å². The highest BCUT2D eigenvalue weighted by atomic mass is 32.2. The molecule has 0 aliphatic carbocycles. The average molecular weight is 1540 g/mol. The fourth-order valence-electron chi connectivity index (χ4n) is 23.0. The molecule has 0 amide bonds. The Balaban J connectivity index is 0.000000155. The first kappa shape index (κ1) is 79.3. The van der Waals surface area contributed by atoms with Crippen molar-refractivity contribution in [3.05, 3.63) is 48.6 Å². The third-order valence-corrected chi connectivity index (χ3v) is 28.7. The van der Waals surface area contributed by atoms with E-state index in [0.717, 1.165) is 112 Å². The molecule has 6 unspecified atom stereocenters. The minimum absolute atomic E-state index is 0.00127. The summed E-state index contributed by atoms with van der Waals surface area (Å²) in [6.45, 7) is 29.1. The Morgan fingerprint density at radius 2 is 0.861 bits per heavy atom. The second kappa shape index (κ2) is 31.5. The largest absolute Gasteiger partial charge is 0.392 e. The highest BCUT2D eigenvalue weighted by molar-refractivity contribution is 7.85. The lowest BCUT2D eigenvalue weighted by atomic mass is 9.78. The van der Waals surface area contributed by atoms with Crippen molar-refractivity contribution in [3.8, 4) is 0 Å². The van der Waals surface area contributed by atoms with E-state index in [-0.39, 0.29) is 213 Å². The minimum Gasteiger partial charge on any atom is -0.392 e. The number of Topliss-reactive ketones (excluding diaryl/α,β-unsaturated/α-hetero) is 2. The highest BCUT2D eigenvalue weighted by Crippen LogP contribution is 2.60. The number of aliphatic hydroxyl groups excluding tert-OH is 2. The van der Waals surface area contributed by atoms with Crippen molar-refractivity contribution in [1.29, 1.82) is 0 Å². The van der Waals surface area contributed by atoms with Crippen LogP contribution < -0.4 is 11.5 Å². The number of nitrogens with two attached hydrogens (primary N) is 2. The Labute approximate surface area is 637 Å². The molecular formula is C82H124N2O23S. The summed E-state index contributed by atoms with van der Waals surface area (Å²) in [5.74, 6) is -0.494. The van der Waals surface area contributed by atoms with Crippen LogP contribution in [0, 0.1) is 35.5 Å². The molecule has 20 rings (SSSR count). The van der Waals surface area contributed by atoms with E-state index >= 15 is 0 Å². The van der Waals surface area contributed by atoms with Crippen LogP contribution in [0.15, 0.2) is 48.6 Å². The number of fused-ring (bicyclic) bond motifs is 12. The van der Waals surface area contributed by atoms with Gasteiger partial charge in [-0.2, -0.15) is 8.42 Å². The first-order chi connectivity index (χ1) is 51.5. The molecule has 38 atom stereocenters. The van der Waals surface area contributed by atoms with E-state index in [1.54, 1.807) is 0 Å². The second-order valence-electron chi connectivity index (χ2n) is 36.6. The summed E-state index contributed by atoms with van der Waals surface area (Å²) in [4.78, 5) is 28.0. The van der Waals surface area contributed by atoms with Crippen LogP contribution >= 0.6 is 0 Å². The second-order valence-corrected chi connectivity index (χ2v) is 38.1. The van der Waals surface area contributed by atoms with E-state index < -0.39 is 39.5 Å². The quantitative estimate of drug-likeness (QED) is 0.124. The lowest BCUT2D eigenvalue weighted by Crippen LogP contribution is -2.61. The van der Waals surface area contributed by atoms with Crippen LogP contribution in [-0.4, -0.2) is 248 Å². The van der Waals surface area contributed by atoms with Crippen LogP contribution in [-0.2, 0) is 95.5 Å². The number of aliphatic hydroxyl groups is 2. The summed E-state index contributed by atoms with van der Waals surface area (Å²) in [5.41, 5.74) is 15.6. The summed E-state index contributed by atoms with van der Waals surface area (Å²) in [6, 6.07) is 0. The van der Waals surface area contributed by atoms with Gasteiger partial charge in [-0.1, -0.05) is 54.0 Å². The Hall–Kier alpha value is -2.59. The summed E-state index contributed by atoms with van der Waals surface area (Å²) >= 11 is 0. The van der Waals surface area contributed by atoms with Crippen molar-refractivity contribution in [1.82, 2.24) is 0 Å². The van der Waals surface area contributed by atoms with E-state index in [4.69, 9.17) is 91.8 Å². The summed E-state index contributed by atoms with van der Waals surface area (Å²) in [5, 5.41) is 21.0. The summed E-state index contributed by atoms with van der Waals surface area (Å²) in [7, 11) is -3.67. The zero-order valence-electron chi connectivity index (χ0n) is 64.4. The SMILES string of the molecule is C=C1C[C@@H]2CC[C@@]34C[C@@]5(C)O[C@H]6[C@@H](O3)[C@H]3OC(CC[C@@H]3O[C@H]6[C@H]5O4)CC(=O)C[C@@H]3[C@@H](C)[C@@H](C[C@H](O)CN)O[C@H]3CC3O[C@@H](CCC1O2)C[C@@H](C)C3=C.C=C1C[C@@H]2CC[C@@]34C[C@H]5O[C@H]6[C@@H](O3)[C@H]3OC(CC[C@@H]3O[C@H]6[C@H]5O4)CC(=O)C[C@@H]3[C@@H](C)[C@@H](C[C@H](O)CN)O[C@H]3CC3O[C@@H](CCC1O2)C[C@@H](C)C3=C.CS(=O)(=O)O. The fraction of sp³-hybridized carbons (Fsp3) is 0.878. The van der Waals surface area contributed by atoms with Gasteiger partial charge in [0.2, 0.25) is 0 Å². The van der Waals surface area contributed by atoms with E-state index in [1.807, 2.05) is 0 Å². The van der Waals surface area contributed by atoms with Crippen LogP contribution in [0.25, 0.3) is 0 Å². The first-order valence-corrected chi connectivity index (χ1v) is 43.4. The predicted octanol–water partition coefficient (Wildman–Crippen LogP) is 8.01. The molecule has 0 radical (unpaired) electrons. The van der Waals surface area contributed by atoms with Crippen molar-refractivity contribution in [2.45, 2.75) is 396 Å². The molecule has 7 N–H and O–H groups in total. The molecule has 20 saturated heterocycles. The molecule has 2 spiro atoms. The van der Waals surface area contributed by atoms with Crippen LogP contribution in [0.3, 0.4) is 0 Å². The van der Waals surface area contributed by atoms with Crippen LogP contribution in [0.1, 0.15) is 202 Å². The molecule has 26 heteroatoms. The Morgan fingerprint density at radius 3 is 1.37 bits per heavy atom. The van der Waals surface area contributed by atoms with Crippen molar-refractivity contribution in [2.75, 3.05) is 19.3 Å². The summed E-state index contributed by atoms with van der Waals surface area (Å²) < 4.78 is 134. The van der Waals surface area contributed by atoms with Gasteiger partial charge in [-0.25, -0.2) is 0 Å². The van der Waals surface area contributed by atoms with Crippen molar-refractivity contribution in [2.24, 2.45) is 47.0 Å². The number of carbonyl (C=O) groups is 2. The molecule has 20 aliphatic rings. The van der Waals surface area contributed by atoms with E-state index in [9.17, 15) is 28.2 Å².